The summed E-state index contributed by atoms with van der Waals surface area (Å²) in [5.74, 6) is 0.185. The first kappa shape index (κ1) is 24.1. The normalized spacial score (nSPS) is 11.9. The summed E-state index contributed by atoms with van der Waals surface area (Å²) in [4.78, 5) is 12.9. The van der Waals surface area contributed by atoms with E-state index in [1.165, 1.54) is 4.31 Å². The molecule has 164 valence electrons. The second kappa shape index (κ2) is 10.2. The fraction of sp³-hybridized carbons (Fsp3) is 0.458. The van der Waals surface area contributed by atoms with Crippen LogP contribution in [0.1, 0.15) is 48.1 Å². The number of hydrogen-bond donors (Lipinski definition) is 1. The molecule has 0 aliphatic rings. The molecule has 6 heteroatoms. The van der Waals surface area contributed by atoms with Crippen LogP contribution in [0.15, 0.2) is 41.3 Å². The SMILES string of the molecule is Cc1ccc(CN(CC(=O)NCCC(C)C)S(=O)(=O)c2c(C)cc(C)cc2C)cc1. The lowest BCUT2D eigenvalue weighted by atomic mass is 10.1. The maximum absolute atomic E-state index is 13.6. The third-order valence-corrected chi connectivity index (χ3v) is 7.14. The predicted octanol–water partition coefficient (Wildman–Crippen LogP) is 4.27. The Hall–Kier alpha value is -2.18. The van der Waals surface area contributed by atoms with E-state index in [9.17, 15) is 13.2 Å². The van der Waals surface area contributed by atoms with Crippen LogP contribution in [0.3, 0.4) is 0 Å². The topological polar surface area (TPSA) is 66.5 Å². The van der Waals surface area contributed by atoms with Crippen molar-refractivity contribution in [3.63, 3.8) is 0 Å². The molecule has 30 heavy (non-hydrogen) atoms. The maximum Gasteiger partial charge on any atom is 0.244 e. The van der Waals surface area contributed by atoms with Gasteiger partial charge in [-0.15, -0.1) is 0 Å². The summed E-state index contributed by atoms with van der Waals surface area (Å²) in [6.07, 6.45) is 0.854. The molecule has 1 amide bonds. The molecule has 2 aromatic rings. The fourth-order valence-corrected chi connectivity index (χ4v) is 5.34. The van der Waals surface area contributed by atoms with Gasteiger partial charge in [-0.2, -0.15) is 4.31 Å². The second-order valence-corrected chi connectivity index (χ2v) is 10.4. The Kier molecular flexibility index (Phi) is 8.21. The summed E-state index contributed by atoms with van der Waals surface area (Å²) in [5, 5.41) is 2.86. The average molecular weight is 431 g/mol. The van der Waals surface area contributed by atoms with Gasteiger partial charge in [-0.3, -0.25) is 4.79 Å². The van der Waals surface area contributed by atoms with Crippen molar-refractivity contribution >= 4 is 15.9 Å². The molecule has 0 atom stereocenters. The largest absolute Gasteiger partial charge is 0.355 e. The average Bonchev–Trinajstić information content (AvgIpc) is 2.61. The van der Waals surface area contributed by atoms with Crippen LogP contribution in [-0.2, 0) is 21.4 Å². The summed E-state index contributed by atoms with van der Waals surface area (Å²) in [7, 11) is -3.85. The maximum atomic E-state index is 13.6. The Balaban J connectivity index is 2.36. The Morgan fingerprint density at radius 1 is 0.967 bits per heavy atom. The van der Waals surface area contributed by atoms with Gasteiger partial charge in [0.25, 0.3) is 0 Å². The van der Waals surface area contributed by atoms with Crippen molar-refractivity contribution in [3.8, 4) is 0 Å². The zero-order valence-electron chi connectivity index (χ0n) is 19.0. The first-order valence-corrected chi connectivity index (χ1v) is 11.8. The number of amides is 1. The van der Waals surface area contributed by atoms with E-state index in [1.807, 2.05) is 50.2 Å². The molecule has 0 aliphatic carbocycles. The lowest BCUT2D eigenvalue weighted by Crippen LogP contribution is -2.41. The zero-order chi connectivity index (χ0) is 22.5. The highest BCUT2D eigenvalue weighted by Crippen LogP contribution is 2.26. The van der Waals surface area contributed by atoms with E-state index in [-0.39, 0.29) is 23.9 Å². The van der Waals surface area contributed by atoms with Crippen molar-refractivity contribution in [1.29, 1.82) is 0 Å². The van der Waals surface area contributed by atoms with E-state index in [0.29, 0.717) is 23.6 Å². The van der Waals surface area contributed by atoms with Gasteiger partial charge in [0.1, 0.15) is 0 Å². The Bertz CT molecular complexity index is 957. The van der Waals surface area contributed by atoms with Gasteiger partial charge in [0.05, 0.1) is 11.4 Å². The van der Waals surface area contributed by atoms with Gasteiger partial charge in [0.2, 0.25) is 15.9 Å². The molecule has 0 radical (unpaired) electrons. The highest BCUT2D eigenvalue weighted by Gasteiger charge is 2.29. The molecule has 5 nitrogen and oxygen atoms in total. The number of aryl methyl sites for hydroxylation is 4. The lowest BCUT2D eigenvalue weighted by Gasteiger charge is -2.24. The molecule has 2 rings (SSSR count). The van der Waals surface area contributed by atoms with Crippen LogP contribution in [0.5, 0.6) is 0 Å². The first-order valence-electron chi connectivity index (χ1n) is 10.4. The van der Waals surface area contributed by atoms with Crippen LogP contribution in [0.4, 0.5) is 0 Å². The van der Waals surface area contributed by atoms with E-state index in [1.54, 1.807) is 13.8 Å². The van der Waals surface area contributed by atoms with Gasteiger partial charge in [0.15, 0.2) is 0 Å². The summed E-state index contributed by atoms with van der Waals surface area (Å²) < 4.78 is 28.5. The number of carbonyl (C=O) groups excluding carboxylic acids is 1. The van der Waals surface area contributed by atoms with Gasteiger partial charge in [-0.1, -0.05) is 61.4 Å². The Morgan fingerprint density at radius 2 is 1.53 bits per heavy atom. The van der Waals surface area contributed by atoms with Crippen LogP contribution in [-0.4, -0.2) is 31.7 Å². The molecule has 0 unspecified atom stereocenters. The van der Waals surface area contributed by atoms with Crippen molar-refractivity contribution in [2.75, 3.05) is 13.1 Å². The van der Waals surface area contributed by atoms with Crippen LogP contribution in [0.2, 0.25) is 0 Å². The number of nitrogens with one attached hydrogen (secondary N) is 1. The highest BCUT2D eigenvalue weighted by molar-refractivity contribution is 7.89. The molecule has 0 saturated carbocycles. The minimum absolute atomic E-state index is 0.146. The molecular weight excluding hydrogens is 396 g/mol. The van der Waals surface area contributed by atoms with Gasteiger partial charge in [0, 0.05) is 13.1 Å². The Labute approximate surface area is 181 Å². The zero-order valence-corrected chi connectivity index (χ0v) is 19.8. The van der Waals surface area contributed by atoms with Crippen molar-refractivity contribution in [3.05, 3.63) is 64.2 Å². The number of hydrogen-bond acceptors (Lipinski definition) is 3. The summed E-state index contributed by atoms with van der Waals surface area (Å²) in [6.45, 7) is 12.2. The second-order valence-electron chi connectivity index (χ2n) is 8.52. The summed E-state index contributed by atoms with van der Waals surface area (Å²) in [6, 6.07) is 11.4. The first-order chi connectivity index (χ1) is 14.0. The van der Waals surface area contributed by atoms with E-state index in [4.69, 9.17) is 0 Å². The Morgan fingerprint density at radius 3 is 2.07 bits per heavy atom. The number of rotatable bonds is 9. The molecule has 0 spiro atoms. The number of carbonyl (C=O) groups is 1. The molecule has 0 heterocycles. The monoisotopic (exact) mass is 430 g/mol. The highest BCUT2D eigenvalue weighted by atomic mass is 32.2. The predicted molar refractivity (Wildman–Crippen MR) is 122 cm³/mol. The van der Waals surface area contributed by atoms with Gasteiger partial charge in [-0.25, -0.2) is 8.42 Å². The van der Waals surface area contributed by atoms with E-state index >= 15 is 0 Å². The van der Waals surface area contributed by atoms with E-state index in [0.717, 1.165) is 23.1 Å². The van der Waals surface area contributed by atoms with Gasteiger partial charge in [-0.05, 0) is 56.7 Å². The third kappa shape index (κ3) is 6.41. The number of nitrogens with zero attached hydrogens (tertiary/aromatic N) is 1. The summed E-state index contributed by atoms with van der Waals surface area (Å²) >= 11 is 0. The van der Waals surface area contributed by atoms with Crippen molar-refractivity contribution in [2.24, 2.45) is 5.92 Å². The molecular formula is C24H34N2O3S. The molecule has 0 saturated heterocycles. The number of sulfonamides is 1. The van der Waals surface area contributed by atoms with Gasteiger partial charge < -0.3 is 5.32 Å². The molecule has 0 aliphatic heterocycles. The molecule has 1 N–H and O–H groups in total. The summed E-state index contributed by atoms with van der Waals surface area (Å²) in [5.41, 5.74) is 4.36. The van der Waals surface area contributed by atoms with E-state index in [2.05, 4.69) is 19.2 Å². The molecule has 0 bridgehead atoms. The minimum Gasteiger partial charge on any atom is -0.355 e. The van der Waals surface area contributed by atoms with Crippen molar-refractivity contribution in [1.82, 2.24) is 9.62 Å². The lowest BCUT2D eigenvalue weighted by molar-refractivity contribution is -0.121. The van der Waals surface area contributed by atoms with Crippen LogP contribution in [0, 0.1) is 33.6 Å². The number of benzene rings is 2. The van der Waals surface area contributed by atoms with E-state index < -0.39 is 10.0 Å². The minimum atomic E-state index is -3.85. The third-order valence-electron chi connectivity index (χ3n) is 5.05. The smallest absolute Gasteiger partial charge is 0.244 e. The fourth-order valence-electron chi connectivity index (χ4n) is 3.54. The van der Waals surface area contributed by atoms with Gasteiger partial charge >= 0.3 is 0 Å². The van der Waals surface area contributed by atoms with Crippen LogP contribution >= 0.6 is 0 Å². The van der Waals surface area contributed by atoms with Crippen molar-refractivity contribution in [2.45, 2.75) is 59.4 Å². The van der Waals surface area contributed by atoms with Crippen LogP contribution < -0.4 is 5.32 Å². The van der Waals surface area contributed by atoms with Crippen molar-refractivity contribution < 1.29 is 13.2 Å². The van der Waals surface area contributed by atoms with Crippen LogP contribution in [0.25, 0.3) is 0 Å². The molecule has 0 aromatic heterocycles. The molecule has 0 fully saturated rings. The standard InChI is InChI=1S/C24H34N2O3S/c1-17(2)11-12-25-23(27)16-26(15-22-9-7-18(3)8-10-22)30(28,29)24-20(5)13-19(4)14-21(24)6/h7-10,13-14,17H,11-12,15-16H2,1-6H3,(H,25,27). The molecule has 2 aromatic carbocycles. The quantitative estimate of drug-likeness (QED) is 0.646.